The number of hydrogen-bond acceptors (Lipinski definition) is 6. The van der Waals surface area contributed by atoms with Crippen LogP contribution in [0.2, 0.25) is 0 Å². The molecule has 1 aromatic carbocycles. The van der Waals surface area contributed by atoms with Gasteiger partial charge in [-0.05, 0) is 6.92 Å². The molecule has 0 atom stereocenters. The number of alkyl halides is 2. The molecule has 0 bridgehead atoms. The Labute approximate surface area is 134 Å². The lowest BCUT2D eigenvalue weighted by Gasteiger charge is -2.19. The molecule has 11 heteroatoms. The van der Waals surface area contributed by atoms with Gasteiger partial charge in [0.1, 0.15) is 12.1 Å². The number of hydrogen-bond donors (Lipinski definition) is 1. The van der Waals surface area contributed by atoms with E-state index in [4.69, 9.17) is 9.84 Å². The van der Waals surface area contributed by atoms with Crippen molar-refractivity contribution in [2.75, 3.05) is 20.2 Å². The van der Waals surface area contributed by atoms with Crippen molar-refractivity contribution in [1.29, 1.82) is 0 Å². The summed E-state index contributed by atoms with van der Waals surface area (Å²) in [5.41, 5.74) is -1.30. The van der Waals surface area contributed by atoms with Crippen LogP contribution in [0.1, 0.15) is 17.3 Å². The maximum absolute atomic E-state index is 12.4. The molecule has 9 nitrogen and oxygen atoms in total. The summed E-state index contributed by atoms with van der Waals surface area (Å²) in [5, 5.41) is 19.9. The number of nitro benzene ring substituents is 1. The number of amides is 1. The standard InChI is InChI=1S/C13H14F2N2O7/c1-3-16(6-11(18)19)12(20)7-4-9(23-2)10(24-13(14)15)5-8(7)17(21)22/h4-5,13H,3,6H2,1-2H3,(H,18,19). The summed E-state index contributed by atoms with van der Waals surface area (Å²) < 4.78 is 33.7. The molecule has 132 valence electrons. The van der Waals surface area contributed by atoms with Crippen LogP contribution in [0, 0.1) is 10.1 Å². The second-order valence-electron chi connectivity index (χ2n) is 4.37. The number of nitrogens with zero attached hydrogens (tertiary/aromatic N) is 2. The van der Waals surface area contributed by atoms with E-state index in [9.17, 15) is 28.5 Å². The van der Waals surface area contributed by atoms with Crippen LogP contribution >= 0.6 is 0 Å². The lowest BCUT2D eigenvalue weighted by Crippen LogP contribution is -2.35. The average molecular weight is 348 g/mol. The third-order valence-corrected chi connectivity index (χ3v) is 2.92. The van der Waals surface area contributed by atoms with Crippen molar-refractivity contribution < 1.29 is 37.9 Å². The average Bonchev–Trinajstić information content (AvgIpc) is 2.50. The van der Waals surface area contributed by atoms with E-state index in [2.05, 4.69) is 4.74 Å². The fourth-order valence-electron chi connectivity index (χ4n) is 1.88. The Morgan fingerprint density at radius 3 is 2.42 bits per heavy atom. The third-order valence-electron chi connectivity index (χ3n) is 2.92. The van der Waals surface area contributed by atoms with Crippen LogP contribution in [0.4, 0.5) is 14.5 Å². The molecule has 24 heavy (non-hydrogen) atoms. The predicted molar refractivity (Wildman–Crippen MR) is 75.5 cm³/mol. The first-order valence-electron chi connectivity index (χ1n) is 6.53. The van der Waals surface area contributed by atoms with Crippen molar-refractivity contribution in [2.24, 2.45) is 0 Å². The Balaban J connectivity index is 3.42. The smallest absolute Gasteiger partial charge is 0.387 e. The van der Waals surface area contributed by atoms with Crippen molar-refractivity contribution in [2.45, 2.75) is 13.5 Å². The summed E-state index contributed by atoms with van der Waals surface area (Å²) in [6, 6.07) is 1.50. The number of ether oxygens (including phenoxy) is 2. The normalized spacial score (nSPS) is 10.4. The molecule has 0 saturated carbocycles. The highest BCUT2D eigenvalue weighted by molar-refractivity contribution is 6.00. The number of benzene rings is 1. The minimum Gasteiger partial charge on any atom is -0.493 e. The topological polar surface area (TPSA) is 119 Å². The largest absolute Gasteiger partial charge is 0.493 e. The minimum absolute atomic E-state index is 0.0279. The minimum atomic E-state index is -3.25. The monoisotopic (exact) mass is 348 g/mol. The highest BCUT2D eigenvalue weighted by Crippen LogP contribution is 2.36. The molecule has 0 aliphatic heterocycles. The Hall–Kier alpha value is -2.98. The van der Waals surface area contributed by atoms with Gasteiger partial charge in [0.15, 0.2) is 11.5 Å². The van der Waals surface area contributed by atoms with Gasteiger partial charge in [0.2, 0.25) is 0 Å². The van der Waals surface area contributed by atoms with Crippen molar-refractivity contribution in [1.82, 2.24) is 4.90 Å². The van der Waals surface area contributed by atoms with E-state index in [0.717, 1.165) is 18.1 Å². The van der Waals surface area contributed by atoms with Crippen LogP contribution < -0.4 is 9.47 Å². The molecule has 0 unspecified atom stereocenters. The van der Waals surface area contributed by atoms with Gasteiger partial charge in [-0.2, -0.15) is 8.78 Å². The Morgan fingerprint density at radius 2 is 2.00 bits per heavy atom. The summed E-state index contributed by atoms with van der Waals surface area (Å²) in [6.07, 6.45) is 0. The molecule has 0 saturated heterocycles. The number of likely N-dealkylation sites (N-methyl/N-ethyl adjacent to an activating group) is 1. The summed E-state index contributed by atoms with van der Waals surface area (Å²) >= 11 is 0. The number of aliphatic carboxylic acids is 1. The van der Waals surface area contributed by atoms with E-state index in [1.165, 1.54) is 6.92 Å². The number of carbonyl (C=O) groups is 2. The number of carboxylic acid groups (broad SMARTS) is 1. The fraction of sp³-hybridized carbons (Fsp3) is 0.385. The van der Waals surface area contributed by atoms with Gasteiger partial charge in [-0.25, -0.2) is 0 Å². The van der Waals surface area contributed by atoms with Gasteiger partial charge in [0.05, 0.1) is 18.1 Å². The van der Waals surface area contributed by atoms with Crippen LogP contribution in [0.15, 0.2) is 12.1 Å². The maximum Gasteiger partial charge on any atom is 0.387 e. The van der Waals surface area contributed by atoms with Crippen LogP contribution in [-0.2, 0) is 4.79 Å². The summed E-state index contributed by atoms with van der Waals surface area (Å²) in [4.78, 5) is 34.1. The van der Waals surface area contributed by atoms with Gasteiger partial charge in [-0.1, -0.05) is 0 Å². The summed E-state index contributed by atoms with van der Waals surface area (Å²) in [5.74, 6) is -3.20. The quantitative estimate of drug-likeness (QED) is 0.561. The lowest BCUT2D eigenvalue weighted by atomic mass is 10.1. The first-order valence-corrected chi connectivity index (χ1v) is 6.53. The highest BCUT2D eigenvalue weighted by atomic mass is 19.3. The number of rotatable bonds is 8. The number of carbonyl (C=O) groups excluding carboxylic acids is 1. The summed E-state index contributed by atoms with van der Waals surface area (Å²) in [6.45, 7) is -2.47. The molecule has 0 aliphatic carbocycles. The van der Waals surface area contributed by atoms with E-state index in [1.54, 1.807) is 0 Å². The second kappa shape index (κ2) is 8.04. The molecule has 0 fully saturated rings. The molecule has 1 rings (SSSR count). The number of halogens is 2. The van der Waals surface area contributed by atoms with Gasteiger partial charge in [-0.15, -0.1) is 0 Å². The van der Waals surface area contributed by atoms with Gasteiger partial charge in [0, 0.05) is 12.6 Å². The van der Waals surface area contributed by atoms with Crippen LogP contribution in [0.25, 0.3) is 0 Å². The first kappa shape index (κ1) is 19.1. The summed E-state index contributed by atoms with van der Waals surface area (Å²) in [7, 11) is 1.10. The molecule has 1 amide bonds. The molecule has 1 N–H and O–H groups in total. The van der Waals surface area contributed by atoms with E-state index in [1.807, 2.05) is 0 Å². The van der Waals surface area contributed by atoms with Gasteiger partial charge < -0.3 is 19.5 Å². The van der Waals surface area contributed by atoms with Crippen LogP contribution in [0.3, 0.4) is 0 Å². The number of carboxylic acids is 1. The zero-order valence-electron chi connectivity index (χ0n) is 12.7. The molecule has 1 aromatic rings. The molecule has 0 aromatic heterocycles. The number of methoxy groups -OCH3 is 1. The van der Waals surface area contributed by atoms with Crippen LogP contribution in [0.5, 0.6) is 11.5 Å². The lowest BCUT2D eigenvalue weighted by molar-refractivity contribution is -0.385. The van der Waals surface area contributed by atoms with E-state index >= 15 is 0 Å². The Kier molecular flexibility index (Phi) is 6.38. The van der Waals surface area contributed by atoms with Crippen molar-refractivity contribution >= 4 is 17.6 Å². The highest BCUT2D eigenvalue weighted by Gasteiger charge is 2.29. The Morgan fingerprint density at radius 1 is 1.38 bits per heavy atom. The molecular weight excluding hydrogens is 334 g/mol. The van der Waals surface area contributed by atoms with Gasteiger partial charge in [0.25, 0.3) is 11.6 Å². The van der Waals surface area contributed by atoms with E-state index < -0.39 is 47.0 Å². The molecule has 0 spiro atoms. The molecule has 0 heterocycles. The van der Waals surface area contributed by atoms with E-state index in [0.29, 0.717) is 6.07 Å². The van der Waals surface area contributed by atoms with Crippen molar-refractivity contribution in [3.63, 3.8) is 0 Å². The predicted octanol–water partition coefficient (Wildman–Crippen LogP) is 1.75. The Bertz CT molecular complexity index is 651. The molecule has 0 aliphatic rings. The zero-order valence-corrected chi connectivity index (χ0v) is 12.7. The molecule has 0 radical (unpaired) electrons. The fourth-order valence-corrected chi connectivity index (χ4v) is 1.88. The first-order chi connectivity index (χ1) is 11.2. The SMILES string of the molecule is CCN(CC(=O)O)C(=O)c1cc(OC)c(OC(F)F)cc1[N+](=O)[O-]. The maximum atomic E-state index is 12.4. The second-order valence-corrected chi connectivity index (χ2v) is 4.37. The van der Waals surface area contributed by atoms with Crippen molar-refractivity contribution in [3.8, 4) is 11.5 Å². The van der Waals surface area contributed by atoms with Gasteiger partial charge >= 0.3 is 12.6 Å². The van der Waals surface area contributed by atoms with Crippen LogP contribution in [-0.4, -0.2) is 53.6 Å². The third kappa shape index (κ3) is 4.51. The number of nitro groups is 1. The van der Waals surface area contributed by atoms with Crippen molar-refractivity contribution in [3.05, 3.63) is 27.8 Å². The van der Waals surface area contributed by atoms with Gasteiger partial charge in [-0.3, -0.25) is 19.7 Å². The molecular formula is C13H14F2N2O7. The van der Waals surface area contributed by atoms with E-state index in [-0.39, 0.29) is 12.3 Å². The zero-order chi connectivity index (χ0) is 18.4.